The van der Waals surface area contributed by atoms with Gasteiger partial charge in [0, 0.05) is 5.56 Å². The molecule has 0 saturated carbocycles. The van der Waals surface area contributed by atoms with E-state index in [9.17, 15) is 9.59 Å². The second kappa shape index (κ2) is 9.59. The van der Waals surface area contributed by atoms with Gasteiger partial charge in [0.25, 0.3) is 5.56 Å². The average Bonchev–Trinajstić information content (AvgIpc) is 3.18. The summed E-state index contributed by atoms with van der Waals surface area (Å²) in [5, 5.41) is 2.04. The topological polar surface area (TPSA) is 69.9 Å². The molecular weight excluding hydrogens is 472 g/mol. The van der Waals surface area contributed by atoms with Gasteiger partial charge in [0.05, 0.1) is 35.6 Å². The molecule has 182 valence electrons. The Bertz CT molecular complexity index is 1690. The fourth-order valence-electron chi connectivity index (χ4n) is 4.59. The van der Waals surface area contributed by atoms with E-state index < -0.39 is 12.0 Å². The van der Waals surface area contributed by atoms with Crippen LogP contribution in [0.2, 0.25) is 0 Å². The second-order valence-electron chi connectivity index (χ2n) is 8.62. The quantitative estimate of drug-likeness (QED) is 0.386. The lowest BCUT2D eigenvalue weighted by atomic mass is 9.95. The highest BCUT2D eigenvalue weighted by molar-refractivity contribution is 7.07. The zero-order valence-electron chi connectivity index (χ0n) is 20.6. The van der Waals surface area contributed by atoms with Crippen LogP contribution in [0.1, 0.15) is 36.6 Å². The molecule has 0 unspecified atom stereocenters. The lowest BCUT2D eigenvalue weighted by Crippen LogP contribution is -2.39. The van der Waals surface area contributed by atoms with E-state index in [-0.39, 0.29) is 12.2 Å². The Hall–Kier alpha value is -3.97. The Kier molecular flexibility index (Phi) is 6.33. The molecule has 0 radical (unpaired) electrons. The number of hydrogen-bond acceptors (Lipinski definition) is 6. The minimum Gasteiger partial charge on any atom is -0.496 e. The van der Waals surface area contributed by atoms with Gasteiger partial charge in [-0.05, 0) is 49.2 Å². The maximum absolute atomic E-state index is 13.9. The minimum absolute atomic E-state index is 0.214. The lowest BCUT2D eigenvalue weighted by molar-refractivity contribution is -0.139. The van der Waals surface area contributed by atoms with Gasteiger partial charge in [-0.15, -0.1) is 0 Å². The maximum atomic E-state index is 13.9. The second-order valence-corrected chi connectivity index (χ2v) is 9.62. The number of benzene rings is 3. The molecule has 1 aliphatic rings. The van der Waals surface area contributed by atoms with Gasteiger partial charge < -0.3 is 9.47 Å². The van der Waals surface area contributed by atoms with Crippen molar-refractivity contribution in [2.75, 3.05) is 13.7 Å². The van der Waals surface area contributed by atoms with Gasteiger partial charge in [0.15, 0.2) is 4.80 Å². The molecule has 0 spiro atoms. The summed E-state index contributed by atoms with van der Waals surface area (Å²) in [4.78, 5) is 32.1. The largest absolute Gasteiger partial charge is 0.496 e. The van der Waals surface area contributed by atoms with Crippen molar-refractivity contribution in [3.05, 3.63) is 108 Å². The van der Waals surface area contributed by atoms with Crippen LogP contribution in [-0.4, -0.2) is 24.3 Å². The van der Waals surface area contributed by atoms with Crippen molar-refractivity contribution in [3.63, 3.8) is 0 Å². The first kappa shape index (κ1) is 23.8. The monoisotopic (exact) mass is 498 g/mol. The van der Waals surface area contributed by atoms with Gasteiger partial charge in [-0.1, -0.05) is 71.5 Å². The van der Waals surface area contributed by atoms with Gasteiger partial charge in [-0.3, -0.25) is 9.36 Å². The van der Waals surface area contributed by atoms with Crippen molar-refractivity contribution >= 4 is 34.2 Å². The molecule has 0 bridgehead atoms. The summed E-state index contributed by atoms with van der Waals surface area (Å²) in [6, 6.07) is 19.1. The number of thiazole rings is 1. The number of esters is 1. The molecule has 5 rings (SSSR count). The summed E-state index contributed by atoms with van der Waals surface area (Å²) in [5.74, 6) is 0.215. The first-order valence-electron chi connectivity index (χ1n) is 11.7. The predicted octanol–water partition coefficient (Wildman–Crippen LogP) is 4.27. The Labute approximate surface area is 212 Å². The van der Waals surface area contributed by atoms with E-state index in [0.29, 0.717) is 26.4 Å². The van der Waals surface area contributed by atoms with Gasteiger partial charge in [0.1, 0.15) is 5.75 Å². The van der Waals surface area contributed by atoms with Crippen LogP contribution in [0, 0.1) is 6.92 Å². The molecule has 1 atom stereocenters. The molecule has 0 N–H and O–H groups in total. The fourth-order valence-corrected chi connectivity index (χ4v) is 5.62. The van der Waals surface area contributed by atoms with Crippen LogP contribution in [0.25, 0.3) is 16.8 Å². The molecule has 0 fully saturated rings. The number of carbonyl (C=O) groups is 1. The molecule has 4 aromatic rings. The summed E-state index contributed by atoms with van der Waals surface area (Å²) in [5.41, 5.74) is 3.46. The van der Waals surface area contributed by atoms with Crippen LogP contribution < -0.4 is 19.6 Å². The fraction of sp³-hybridized carbons (Fsp3) is 0.207. The van der Waals surface area contributed by atoms with Gasteiger partial charge in [0.2, 0.25) is 0 Å². The summed E-state index contributed by atoms with van der Waals surface area (Å²) < 4.78 is 13.1. The maximum Gasteiger partial charge on any atom is 0.338 e. The third-order valence-corrected chi connectivity index (χ3v) is 7.32. The third kappa shape index (κ3) is 4.05. The first-order valence-corrected chi connectivity index (χ1v) is 12.6. The number of aromatic nitrogens is 1. The highest BCUT2D eigenvalue weighted by atomic mass is 32.1. The molecule has 7 heteroatoms. The standard InChI is InChI=1S/C29H26N2O4S/c1-5-35-28(33)25-18(3)30-29-31(26(25)20-12-10-17(2)11-13-20)27(32)24(36-29)16-22-21-9-7-6-8-19(21)14-15-23(22)34-4/h6-16,26H,5H2,1-4H3/b24-16-/t26-/m1/s1. The molecule has 0 aliphatic carbocycles. The van der Waals surface area contributed by atoms with Crippen molar-refractivity contribution in [3.8, 4) is 5.75 Å². The molecule has 2 heterocycles. The Morgan fingerprint density at radius 2 is 1.83 bits per heavy atom. The number of methoxy groups -OCH3 is 1. The van der Waals surface area contributed by atoms with Crippen molar-refractivity contribution < 1.29 is 14.3 Å². The number of fused-ring (bicyclic) bond motifs is 2. The zero-order valence-corrected chi connectivity index (χ0v) is 21.4. The van der Waals surface area contributed by atoms with E-state index in [0.717, 1.165) is 27.5 Å². The molecule has 1 aliphatic heterocycles. The summed E-state index contributed by atoms with van der Waals surface area (Å²) in [7, 11) is 1.62. The Morgan fingerprint density at radius 1 is 1.08 bits per heavy atom. The predicted molar refractivity (Wildman–Crippen MR) is 142 cm³/mol. The third-order valence-electron chi connectivity index (χ3n) is 6.34. The number of rotatable bonds is 5. The molecule has 36 heavy (non-hydrogen) atoms. The molecule has 1 aromatic heterocycles. The van der Waals surface area contributed by atoms with E-state index in [1.807, 2.05) is 73.7 Å². The van der Waals surface area contributed by atoms with Crippen LogP contribution in [0.4, 0.5) is 0 Å². The zero-order chi connectivity index (χ0) is 25.4. The smallest absolute Gasteiger partial charge is 0.338 e. The van der Waals surface area contributed by atoms with Gasteiger partial charge >= 0.3 is 5.97 Å². The summed E-state index contributed by atoms with van der Waals surface area (Å²) in [6.45, 7) is 5.79. The van der Waals surface area contributed by atoms with Gasteiger partial charge in [-0.2, -0.15) is 0 Å². The minimum atomic E-state index is -0.627. The Balaban J connectivity index is 1.78. The van der Waals surface area contributed by atoms with Crippen LogP contribution >= 0.6 is 11.3 Å². The van der Waals surface area contributed by atoms with E-state index in [2.05, 4.69) is 4.99 Å². The number of allylic oxidation sites excluding steroid dienone is 1. The van der Waals surface area contributed by atoms with Crippen LogP contribution in [-0.2, 0) is 9.53 Å². The van der Waals surface area contributed by atoms with Gasteiger partial charge in [-0.25, -0.2) is 9.79 Å². The van der Waals surface area contributed by atoms with Crippen LogP contribution in [0.5, 0.6) is 5.75 Å². The highest BCUT2D eigenvalue weighted by Crippen LogP contribution is 2.31. The normalized spacial score (nSPS) is 15.6. The lowest BCUT2D eigenvalue weighted by Gasteiger charge is -2.24. The van der Waals surface area contributed by atoms with Crippen molar-refractivity contribution in [1.29, 1.82) is 0 Å². The van der Waals surface area contributed by atoms with E-state index >= 15 is 0 Å². The number of ether oxygens (including phenoxy) is 2. The van der Waals surface area contributed by atoms with Crippen LogP contribution in [0.15, 0.2) is 81.7 Å². The number of hydrogen-bond donors (Lipinski definition) is 0. The summed E-state index contributed by atoms with van der Waals surface area (Å²) >= 11 is 1.30. The molecule has 0 amide bonds. The molecule has 3 aromatic carbocycles. The number of nitrogens with zero attached hydrogens (tertiary/aromatic N) is 2. The first-order chi connectivity index (χ1) is 17.4. The average molecular weight is 499 g/mol. The van der Waals surface area contributed by atoms with Crippen molar-refractivity contribution in [2.24, 2.45) is 4.99 Å². The van der Waals surface area contributed by atoms with E-state index in [1.54, 1.807) is 25.5 Å². The SMILES string of the molecule is CCOC(=O)C1=C(C)N=c2s/c(=C\c3c(OC)ccc4ccccc34)c(=O)n2[C@@H]1c1ccc(C)cc1. The number of aryl methyl sites for hydroxylation is 1. The van der Waals surface area contributed by atoms with Crippen molar-refractivity contribution in [2.45, 2.75) is 26.8 Å². The van der Waals surface area contributed by atoms with E-state index in [1.165, 1.54) is 11.3 Å². The highest BCUT2D eigenvalue weighted by Gasteiger charge is 2.33. The molecular formula is C29H26N2O4S. The summed E-state index contributed by atoms with van der Waals surface area (Å²) in [6.07, 6.45) is 1.86. The molecule has 6 nitrogen and oxygen atoms in total. The Morgan fingerprint density at radius 3 is 2.56 bits per heavy atom. The van der Waals surface area contributed by atoms with Crippen LogP contribution in [0.3, 0.4) is 0 Å². The van der Waals surface area contributed by atoms with E-state index in [4.69, 9.17) is 9.47 Å². The number of carbonyl (C=O) groups excluding carboxylic acids is 1. The van der Waals surface area contributed by atoms with Crippen molar-refractivity contribution in [1.82, 2.24) is 4.57 Å². The molecule has 0 saturated heterocycles.